The molecule has 0 radical (unpaired) electrons. The lowest BCUT2D eigenvalue weighted by Gasteiger charge is -2.66. The fourth-order valence-corrected chi connectivity index (χ4v) is 8.70. The van der Waals surface area contributed by atoms with Crippen molar-refractivity contribution in [3.63, 3.8) is 0 Å². The Labute approximate surface area is 231 Å². The van der Waals surface area contributed by atoms with E-state index in [0.717, 1.165) is 75.7 Å². The van der Waals surface area contributed by atoms with E-state index in [9.17, 15) is 19.8 Å². The van der Waals surface area contributed by atoms with E-state index in [1.165, 1.54) is 0 Å². The van der Waals surface area contributed by atoms with Crippen LogP contribution in [0.4, 0.5) is 4.79 Å². The molecule has 3 amide bonds. The van der Waals surface area contributed by atoms with Gasteiger partial charge < -0.3 is 20.0 Å². The predicted molar refractivity (Wildman–Crippen MR) is 147 cm³/mol. The van der Waals surface area contributed by atoms with Crippen molar-refractivity contribution in [3.8, 4) is 5.75 Å². The van der Waals surface area contributed by atoms with Crippen LogP contribution in [0.2, 0.25) is 0 Å². The van der Waals surface area contributed by atoms with Crippen LogP contribution in [-0.4, -0.2) is 106 Å². The lowest BCUT2D eigenvalue weighted by molar-refractivity contribution is -0.188. The van der Waals surface area contributed by atoms with E-state index in [1.54, 1.807) is 11.0 Å². The van der Waals surface area contributed by atoms with Gasteiger partial charge in [0.15, 0.2) is 0 Å². The highest BCUT2D eigenvalue weighted by Crippen LogP contribution is 2.62. The monoisotopic (exact) mass is 536 g/mol. The van der Waals surface area contributed by atoms with Crippen molar-refractivity contribution in [1.29, 1.82) is 0 Å². The van der Waals surface area contributed by atoms with Gasteiger partial charge >= 0.3 is 6.03 Å². The molecule has 1 aromatic carbocycles. The summed E-state index contributed by atoms with van der Waals surface area (Å²) >= 11 is 0. The quantitative estimate of drug-likeness (QED) is 0.497. The first kappa shape index (κ1) is 25.8. The Bertz CT molecular complexity index is 1180. The summed E-state index contributed by atoms with van der Waals surface area (Å²) in [6.07, 6.45) is 8.39. The number of piperidine rings is 1. The highest BCUT2D eigenvalue weighted by Gasteiger charge is 2.72. The van der Waals surface area contributed by atoms with Gasteiger partial charge in [0.25, 0.3) is 5.91 Å². The number of nitrogens with zero attached hydrogens (tertiary/aromatic N) is 4. The minimum atomic E-state index is -1.01. The molecule has 2 saturated heterocycles. The Balaban J connectivity index is 1.29. The first-order chi connectivity index (χ1) is 18.7. The molecule has 4 unspecified atom stereocenters. The van der Waals surface area contributed by atoms with Crippen LogP contribution in [0.3, 0.4) is 0 Å². The van der Waals surface area contributed by atoms with Crippen molar-refractivity contribution < 1.29 is 19.8 Å². The number of likely N-dealkylation sites (tertiary alicyclic amines) is 1. The van der Waals surface area contributed by atoms with Gasteiger partial charge in [-0.2, -0.15) is 0 Å². The number of imide groups is 1. The Hall–Kier alpha value is -2.16. The third-order valence-electron chi connectivity index (χ3n) is 11.1. The molecule has 7 rings (SSSR count). The summed E-state index contributed by atoms with van der Waals surface area (Å²) in [5.74, 6) is 1.09. The number of amides is 3. The number of benzene rings is 1. The van der Waals surface area contributed by atoms with Crippen molar-refractivity contribution in [2.75, 3.05) is 46.8 Å². The van der Waals surface area contributed by atoms with E-state index in [4.69, 9.17) is 0 Å². The Morgan fingerprint density at radius 3 is 2.49 bits per heavy atom. The lowest BCUT2D eigenvalue weighted by atomic mass is 9.46. The van der Waals surface area contributed by atoms with Crippen LogP contribution in [0.1, 0.15) is 68.9 Å². The number of urea groups is 1. The second-order valence-electron chi connectivity index (χ2n) is 13.9. The molecule has 4 atom stereocenters. The number of carbonyl (C=O) groups is 2. The number of phenols is 1. The van der Waals surface area contributed by atoms with E-state index in [0.29, 0.717) is 44.2 Å². The van der Waals surface area contributed by atoms with Gasteiger partial charge in [0.2, 0.25) is 0 Å². The van der Waals surface area contributed by atoms with E-state index >= 15 is 0 Å². The molecular formula is C31H44N4O4. The van der Waals surface area contributed by atoms with Gasteiger partial charge in [0.05, 0.1) is 5.60 Å². The fraction of sp³-hybridized carbons (Fsp3) is 0.742. The minimum Gasteiger partial charge on any atom is -0.508 e. The fourth-order valence-electron chi connectivity index (χ4n) is 8.70. The average Bonchev–Trinajstić information content (AvgIpc) is 3.82. The Kier molecular flexibility index (Phi) is 5.90. The SMILES string of the molecule is CN(C)CCCN1CCC23CC4(CCC2(O)C1Cc1ccc(O)cc13)C(=O)N(CC1CC1)C(=O)N4CC1CC1. The Morgan fingerprint density at radius 2 is 1.77 bits per heavy atom. The molecule has 4 aliphatic carbocycles. The van der Waals surface area contributed by atoms with Gasteiger partial charge in [-0.3, -0.25) is 14.6 Å². The molecule has 5 fully saturated rings. The maximum atomic E-state index is 14.4. The third kappa shape index (κ3) is 3.88. The highest BCUT2D eigenvalue weighted by molar-refractivity contribution is 6.07. The number of phenolic OH excluding ortho intramolecular Hbond substituents is 1. The van der Waals surface area contributed by atoms with E-state index < -0.39 is 16.6 Å². The topological polar surface area (TPSA) is 87.6 Å². The van der Waals surface area contributed by atoms with E-state index in [1.807, 2.05) is 17.0 Å². The standard InChI is InChI=1S/C31H44N4O4/c1-32(2)13-3-14-33-15-12-29-20-30(10-11-31(29,39)26(33)16-23-8-9-24(36)17-25(23)29)27(37)34(18-21-4-5-21)28(38)35(30)19-22-6-7-22/h8-9,17,21-22,26,36,39H,3-7,10-16,18-20H2,1-2H3. The number of rotatable bonds is 8. The number of fused-ring (bicyclic) bond motifs is 1. The van der Waals surface area contributed by atoms with Crippen molar-refractivity contribution >= 4 is 11.9 Å². The number of carbonyl (C=O) groups excluding carboxylic acids is 2. The molecule has 0 aromatic heterocycles. The van der Waals surface area contributed by atoms with Crippen LogP contribution >= 0.6 is 0 Å². The van der Waals surface area contributed by atoms with Crippen LogP contribution in [0, 0.1) is 11.8 Å². The van der Waals surface area contributed by atoms with Crippen molar-refractivity contribution in [1.82, 2.24) is 19.6 Å². The summed E-state index contributed by atoms with van der Waals surface area (Å²) in [5.41, 5.74) is -0.419. The van der Waals surface area contributed by atoms with Crippen LogP contribution in [0.15, 0.2) is 18.2 Å². The largest absolute Gasteiger partial charge is 0.508 e. The summed E-state index contributed by atoms with van der Waals surface area (Å²) in [7, 11) is 4.19. The van der Waals surface area contributed by atoms with Crippen LogP contribution in [-0.2, 0) is 16.6 Å². The van der Waals surface area contributed by atoms with Gasteiger partial charge in [-0.25, -0.2) is 4.79 Å². The molecule has 8 heteroatoms. The predicted octanol–water partition coefficient (Wildman–Crippen LogP) is 2.95. The molecule has 39 heavy (non-hydrogen) atoms. The molecule has 2 heterocycles. The second-order valence-corrected chi connectivity index (χ2v) is 13.9. The van der Waals surface area contributed by atoms with Gasteiger partial charge in [-0.05, 0) is 133 Å². The van der Waals surface area contributed by atoms with Crippen molar-refractivity contribution in [3.05, 3.63) is 29.3 Å². The maximum absolute atomic E-state index is 14.4. The van der Waals surface area contributed by atoms with Crippen LogP contribution in [0.25, 0.3) is 0 Å². The molecule has 1 spiro atoms. The third-order valence-corrected chi connectivity index (χ3v) is 11.1. The summed E-state index contributed by atoms with van der Waals surface area (Å²) in [6.45, 7) is 3.97. The van der Waals surface area contributed by atoms with Gasteiger partial charge in [0.1, 0.15) is 11.3 Å². The molecular weight excluding hydrogens is 492 g/mol. The lowest BCUT2D eigenvalue weighted by Crippen LogP contribution is -2.76. The molecule has 8 nitrogen and oxygen atoms in total. The molecule has 212 valence electrons. The number of aliphatic hydroxyl groups is 1. The summed E-state index contributed by atoms with van der Waals surface area (Å²) < 4.78 is 0. The van der Waals surface area contributed by atoms with Crippen LogP contribution < -0.4 is 0 Å². The number of hydrogen-bond acceptors (Lipinski definition) is 6. The zero-order valence-electron chi connectivity index (χ0n) is 23.6. The van der Waals surface area contributed by atoms with Crippen molar-refractivity contribution in [2.24, 2.45) is 11.8 Å². The smallest absolute Gasteiger partial charge is 0.327 e. The van der Waals surface area contributed by atoms with Crippen molar-refractivity contribution in [2.45, 2.75) is 86.8 Å². The number of hydrogen-bond donors (Lipinski definition) is 2. The van der Waals surface area contributed by atoms with Gasteiger partial charge in [0, 0.05) is 24.5 Å². The van der Waals surface area contributed by atoms with Gasteiger partial charge in [-0.1, -0.05) is 6.07 Å². The van der Waals surface area contributed by atoms with E-state index in [-0.39, 0.29) is 23.7 Å². The Morgan fingerprint density at radius 1 is 1.03 bits per heavy atom. The maximum Gasteiger partial charge on any atom is 0.327 e. The zero-order chi connectivity index (χ0) is 27.2. The molecule has 2 bridgehead atoms. The first-order valence-electron chi connectivity index (χ1n) is 15.2. The molecule has 6 aliphatic rings. The summed E-state index contributed by atoms with van der Waals surface area (Å²) in [6, 6.07) is 5.49. The average molecular weight is 537 g/mol. The van der Waals surface area contributed by atoms with Gasteiger partial charge in [-0.15, -0.1) is 0 Å². The highest BCUT2D eigenvalue weighted by atomic mass is 16.3. The molecule has 1 aromatic rings. The van der Waals surface area contributed by atoms with Crippen LogP contribution in [0.5, 0.6) is 5.75 Å². The normalized spacial score (nSPS) is 36.2. The second kappa shape index (κ2) is 8.92. The van der Waals surface area contributed by atoms with E-state index in [2.05, 4.69) is 23.9 Å². The first-order valence-corrected chi connectivity index (χ1v) is 15.2. The zero-order valence-corrected chi connectivity index (χ0v) is 23.6. The molecule has 3 saturated carbocycles. The molecule has 2 aliphatic heterocycles. The summed E-state index contributed by atoms with van der Waals surface area (Å²) in [5, 5.41) is 23.4. The number of aromatic hydroxyl groups is 1. The molecule has 2 N–H and O–H groups in total. The summed E-state index contributed by atoms with van der Waals surface area (Å²) in [4.78, 5) is 36.4. The minimum absolute atomic E-state index is 0.0329.